The second kappa shape index (κ2) is 8.43. The van der Waals surface area contributed by atoms with E-state index in [1.54, 1.807) is 14.2 Å². The van der Waals surface area contributed by atoms with Crippen molar-refractivity contribution < 1.29 is 24.2 Å². The molecule has 0 saturated carbocycles. The number of benzene rings is 3. The van der Waals surface area contributed by atoms with Crippen LogP contribution >= 0.6 is 0 Å². The third-order valence-corrected chi connectivity index (χ3v) is 4.37. The van der Waals surface area contributed by atoms with Crippen LogP contribution in [0.3, 0.4) is 0 Å². The van der Waals surface area contributed by atoms with E-state index in [0.29, 0.717) is 6.54 Å². The number of fused-ring (bicyclic) bond motifs is 1. The summed E-state index contributed by atoms with van der Waals surface area (Å²) in [5.74, 6) is -0.214. The monoisotopic (exact) mass is 379 g/mol. The SMILES string of the molecule is COc1ccc2cc(CN(C)C(=O)COC(=O)c3cccc(O)c3)ccc2c1. The molecule has 0 spiro atoms. The van der Waals surface area contributed by atoms with Crippen LogP contribution in [0.4, 0.5) is 0 Å². The number of methoxy groups -OCH3 is 1. The summed E-state index contributed by atoms with van der Waals surface area (Å²) in [6.45, 7) is 0.0280. The highest BCUT2D eigenvalue weighted by Gasteiger charge is 2.14. The number of hydrogen-bond acceptors (Lipinski definition) is 5. The lowest BCUT2D eigenvalue weighted by Gasteiger charge is -2.17. The van der Waals surface area contributed by atoms with E-state index in [1.165, 1.54) is 29.2 Å². The average Bonchev–Trinajstić information content (AvgIpc) is 2.71. The molecule has 144 valence electrons. The minimum Gasteiger partial charge on any atom is -0.508 e. The number of phenolic OH excluding ortho intramolecular Hbond substituents is 1. The Morgan fingerprint density at radius 1 is 1.00 bits per heavy atom. The summed E-state index contributed by atoms with van der Waals surface area (Å²) in [6.07, 6.45) is 0. The zero-order chi connectivity index (χ0) is 20.1. The van der Waals surface area contributed by atoms with Crippen LogP contribution in [0.2, 0.25) is 0 Å². The summed E-state index contributed by atoms with van der Waals surface area (Å²) in [6, 6.07) is 17.5. The molecule has 0 atom stereocenters. The van der Waals surface area contributed by atoms with E-state index in [2.05, 4.69) is 0 Å². The molecule has 0 aliphatic carbocycles. The highest BCUT2D eigenvalue weighted by atomic mass is 16.5. The number of ether oxygens (including phenoxy) is 2. The number of hydrogen-bond donors (Lipinski definition) is 1. The molecule has 1 amide bonds. The van der Waals surface area contributed by atoms with Crippen LogP contribution in [0.15, 0.2) is 60.7 Å². The first-order valence-corrected chi connectivity index (χ1v) is 8.73. The third-order valence-electron chi connectivity index (χ3n) is 4.37. The topological polar surface area (TPSA) is 76.1 Å². The van der Waals surface area contributed by atoms with Gasteiger partial charge in [0.25, 0.3) is 5.91 Å². The molecular weight excluding hydrogens is 358 g/mol. The number of amides is 1. The molecule has 0 unspecified atom stereocenters. The Labute approximate surface area is 162 Å². The van der Waals surface area contributed by atoms with Gasteiger partial charge in [-0.3, -0.25) is 4.79 Å². The van der Waals surface area contributed by atoms with Gasteiger partial charge in [-0.2, -0.15) is 0 Å². The zero-order valence-corrected chi connectivity index (χ0v) is 15.7. The number of carbonyl (C=O) groups is 2. The van der Waals surface area contributed by atoms with Gasteiger partial charge in [-0.15, -0.1) is 0 Å². The van der Waals surface area contributed by atoms with Crippen molar-refractivity contribution in [3.8, 4) is 11.5 Å². The van der Waals surface area contributed by atoms with E-state index < -0.39 is 5.97 Å². The van der Waals surface area contributed by atoms with Gasteiger partial charge < -0.3 is 19.5 Å². The van der Waals surface area contributed by atoms with Crippen LogP contribution in [0.1, 0.15) is 15.9 Å². The van der Waals surface area contributed by atoms with Crippen LogP contribution < -0.4 is 4.74 Å². The molecule has 0 radical (unpaired) electrons. The van der Waals surface area contributed by atoms with Gasteiger partial charge in [0.1, 0.15) is 11.5 Å². The van der Waals surface area contributed by atoms with Gasteiger partial charge in [-0.25, -0.2) is 4.79 Å². The molecule has 3 aromatic carbocycles. The molecule has 0 saturated heterocycles. The van der Waals surface area contributed by atoms with Crippen molar-refractivity contribution >= 4 is 22.6 Å². The Morgan fingerprint density at radius 3 is 2.50 bits per heavy atom. The van der Waals surface area contributed by atoms with Crippen molar-refractivity contribution in [3.63, 3.8) is 0 Å². The smallest absolute Gasteiger partial charge is 0.338 e. The number of carbonyl (C=O) groups excluding carboxylic acids is 2. The lowest BCUT2D eigenvalue weighted by atomic mass is 10.1. The van der Waals surface area contributed by atoms with Gasteiger partial charge >= 0.3 is 5.97 Å². The number of likely N-dealkylation sites (N-methyl/N-ethyl adjacent to an activating group) is 1. The lowest BCUT2D eigenvalue weighted by Crippen LogP contribution is -2.30. The number of aromatic hydroxyl groups is 1. The first-order valence-electron chi connectivity index (χ1n) is 8.73. The van der Waals surface area contributed by atoms with Crippen molar-refractivity contribution in [3.05, 3.63) is 71.8 Å². The summed E-state index contributed by atoms with van der Waals surface area (Å²) in [5.41, 5.74) is 1.16. The molecule has 0 heterocycles. The number of rotatable bonds is 6. The van der Waals surface area contributed by atoms with E-state index in [0.717, 1.165) is 22.1 Å². The van der Waals surface area contributed by atoms with Crippen LogP contribution in [0, 0.1) is 0 Å². The first-order chi connectivity index (χ1) is 13.5. The lowest BCUT2D eigenvalue weighted by molar-refractivity contribution is -0.133. The van der Waals surface area contributed by atoms with Gasteiger partial charge in [-0.1, -0.05) is 24.3 Å². The van der Waals surface area contributed by atoms with E-state index in [-0.39, 0.29) is 23.8 Å². The third kappa shape index (κ3) is 4.59. The minimum absolute atomic E-state index is 0.0354. The van der Waals surface area contributed by atoms with E-state index in [9.17, 15) is 14.7 Å². The number of phenols is 1. The Bertz CT molecular complexity index is 1010. The normalized spacial score (nSPS) is 10.5. The molecule has 6 nitrogen and oxygen atoms in total. The Balaban J connectivity index is 1.59. The van der Waals surface area contributed by atoms with Gasteiger partial charge in [-0.05, 0) is 52.7 Å². The van der Waals surface area contributed by atoms with Gasteiger partial charge in [0, 0.05) is 13.6 Å². The van der Waals surface area contributed by atoms with Gasteiger partial charge in [0.2, 0.25) is 0 Å². The fourth-order valence-corrected chi connectivity index (χ4v) is 2.81. The van der Waals surface area contributed by atoms with Crippen molar-refractivity contribution in [1.82, 2.24) is 4.90 Å². The highest BCUT2D eigenvalue weighted by molar-refractivity contribution is 5.91. The fourth-order valence-electron chi connectivity index (χ4n) is 2.81. The van der Waals surface area contributed by atoms with E-state index in [1.807, 2.05) is 36.4 Å². The first kappa shape index (κ1) is 19.2. The molecular formula is C22H21NO5. The molecule has 3 aromatic rings. The minimum atomic E-state index is -0.655. The van der Waals surface area contributed by atoms with Crippen molar-refractivity contribution in [2.45, 2.75) is 6.54 Å². The molecule has 3 rings (SSSR count). The predicted molar refractivity (Wildman–Crippen MR) is 105 cm³/mol. The van der Waals surface area contributed by atoms with Crippen LogP contribution in [-0.4, -0.2) is 42.6 Å². The van der Waals surface area contributed by atoms with Crippen LogP contribution in [0.5, 0.6) is 11.5 Å². The maximum atomic E-state index is 12.3. The molecule has 0 aliphatic rings. The van der Waals surface area contributed by atoms with Crippen LogP contribution in [0.25, 0.3) is 10.8 Å². The molecule has 0 bridgehead atoms. The summed E-state index contributed by atoms with van der Waals surface area (Å²) >= 11 is 0. The zero-order valence-electron chi connectivity index (χ0n) is 15.7. The van der Waals surface area contributed by atoms with Crippen LogP contribution in [-0.2, 0) is 16.1 Å². The van der Waals surface area contributed by atoms with E-state index >= 15 is 0 Å². The average molecular weight is 379 g/mol. The Morgan fingerprint density at radius 2 is 1.75 bits per heavy atom. The molecule has 1 N–H and O–H groups in total. The quantitative estimate of drug-likeness (QED) is 0.665. The Hall–Kier alpha value is -3.54. The highest BCUT2D eigenvalue weighted by Crippen LogP contribution is 2.22. The largest absolute Gasteiger partial charge is 0.508 e. The summed E-state index contributed by atoms with van der Waals surface area (Å²) in [5, 5.41) is 11.5. The molecule has 0 aromatic heterocycles. The molecule has 6 heteroatoms. The number of nitrogens with zero attached hydrogens (tertiary/aromatic N) is 1. The summed E-state index contributed by atoms with van der Waals surface area (Å²) < 4.78 is 10.3. The van der Waals surface area contributed by atoms with Crippen molar-refractivity contribution in [1.29, 1.82) is 0 Å². The van der Waals surface area contributed by atoms with E-state index in [4.69, 9.17) is 9.47 Å². The standard InChI is InChI=1S/C22H21NO5/c1-23(21(25)14-28-22(26)18-4-3-5-19(24)11-18)13-15-6-7-17-12-20(27-2)9-8-16(17)10-15/h3-12,24H,13-14H2,1-2H3. The summed E-state index contributed by atoms with van der Waals surface area (Å²) in [7, 11) is 3.28. The van der Waals surface area contributed by atoms with Crippen molar-refractivity contribution in [2.24, 2.45) is 0 Å². The second-order valence-corrected chi connectivity index (χ2v) is 6.42. The Kier molecular flexibility index (Phi) is 5.79. The van der Waals surface area contributed by atoms with Gasteiger partial charge in [0.15, 0.2) is 6.61 Å². The molecule has 28 heavy (non-hydrogen) atoms. The maximum Gasteiger partial charge on any atom is 0.338 e. The summed E-state index contributed by atoms with van der Waals surface area (Å²) in [4.78, 5) is 25.7. The maximum absolute atomic E-state index is 12.3. The fraction of sp³-hybridized carbons (Fsp3) is 0.182. The number of esters is 1. The predicted octanol–water partition coefficient (Wildman–Crippen LogP) is 3.37. The second-order valence-electron chi connectivity index (χ2n) is 6.42. The molecule has 0 aliphatic heterocycles. The van der Waals surface area contributed by atoms with Gasteiger partial charge in [0.05, 0.1) is 12.7 Å². The molecule has 0 fully saturated rings. The van der Waals surface area contributed by atoms with Crippen molar-refractivity contribution in [2.75, 3.05) is 20.8 Å².